The van der Waals surface area contributed by atoms with E-state index in [4.69, 9.17) is 0 Å². The zero-order chi connectivity index (χ0) is 22.4. The Balaban J connectivity index is 1.45. The summed E-state index contributed by atoms with van der Waals surface area (Å²) in [4.78, 5) is 17.8. The second-order valence-corrected chi connectivity index (χ2v) is 8.71. The van der Waals surface area contributed by atoms with Crippen molar-refractivity contribution in [2.75, 3.05) is 26.2 Å². The minimum Gasteiger partial charge on any atom is -0.395 e. The fourth-order valence-electron chi connectivity index (χ4n) is 4.97. The number of aliphatic hydroxyl groups excluding tert-OH is 1. The molecule has 1 aromatic heterocycles. The van der Waals surface area contributed by atoms with Crippen LogP contribution in [0, 0.1) is 23.4 Å². The maximum atomic E-state index is 14.5. The first-order valence-corrected chi connectivity index (χ1v) is 10.8. The summed E-state index contributed by atoms with van der Waals surface area (Å²) in [5.41, 5.74) is 2.29. The van der Waals surface area contributed by atoms with Gasteiger partial charge in [-0.3, -0.25) is 4.79 Å². The molecule has 5 rings (SSSR count). The first-order valence-electron chi connectivity index (χ1n) is 10.8. The van der Waals surface area contributed by atoms with Crippen LogP contribution >= 0.6 is 0 Å². The molecular weight excluding hydrogens is 419 g/mol. The molecule has 8 heteroatoms. The summed E-state index contributed by atoms with van der Waals surface area (Å²) in [7, 11) is 0. The van der Waals surface area contributed by atoms with Gasteiger partial charge in [0.25, 0.3) is 0 Å². The molecule has 1 aliphatic carbocycles. The van der Waals surface area contributed by atoms with Crippen molar-refractivity contribution in [3.05, 3.63) is 59.4 Å². The Morgan fingerprint density at radius 3 is 2.56 bits per heavy atom. The number of nitrogens with one attached hydrogen (secondary N) is 2. The molecule has 0 unspecified atom stereocenters. The van der Waals surface area contributed by atoms with Gasteiger partial charge in [0.2, 0.25) is 5.91 Å². The normalized spacial score (nSPS) is 23.4. The number of benzene rings is 2. The number of aliphatic hydroxyl groups is 1. The molecule has 2 heterocycles. The molecule has 0 bridgehead atoms. The number of amides is 1. The average molecular weight is 443 g/mol. The van der Waals surface area contributed by atoms with E-state index in [1.807, 2.05) is 0 Å². The van der Waals surface area contributed by atoms with Crippen molar-refractivity contribution in [2.45, 2.75) is 24.8 Å². The molecule has 2 aliphatic rings. The van der Waals surface area contributed by atoms with E-state index in [1.54, 1.807) is 17.0 Å². The highest BCUT2D eigenvalue weighted by atomic mass is 19.1. The van der Waals surface area contributed by atoms with Gasteiger partial charge in [-0.2, -0.15) is 0 Å². The Labute approximate surface area is 183 Å². The van der Waals surface area contributed by atoms with Gasteiger partial charge in [0, 0.05) is 43.0 Å². The van der Waals surface area contributed by atoms with Crippen molar-refractivity contribution in [1.82, 2.24) is 15.2 Å². The highest BCUT2D eigenvalue weighted by Gasteiger charge is 2.41. The van der Waals surface area contributed by atoms with Crippen molar-refractivity contribution in [3.8, 4) is 11.3 Å². The fraction of sp³-hybridized carbons (Fsp3) is 0.375. The molecule has 1 saturated carbocycles. The lowest BCUT2D eigenvalue weighted by Crippen LogP contribution is -2.56. The molecule has 1 atom stereocenters. The number of carbonyl (C=O) groups is 1. The van der Waals surface area contributed by atoms with E-state index in [9.17, 15) is 23.1 Å². The predicted molar refractivity (Wildman–Crippen MR) is 115 cm³/mol. The van der Waals surface area contributed by atoms with Gasteiger partial charge >= 0.3 is 0 Å². The molecule has 3 aromatic rings. The van der Waals surface area contributed by atoms with E-state index < -0.39 is 11.6 Å². The lowest BCUT2D eigenvalue weighted by atomic mass is 9.69. The number of aromatic amines is 1. The van der Waals surface area contributed by atoms with Crippen LogP contribution in [0.3, 0.4) is 0 Å². The molecule has 2 fully saturated rings. The summed E-state index contributed by atoms with van der Waals surface area (Å²) in [6, 6.07) is 7.91. The molecule has 168 valence electrons. The van der Waals surface area contributed by atoms with E-state index in [0.717, 1.165) is 11.6 Å². The molecule has 5 nitrogen and oxygen atoms in total. The van der Waals surface area contributed by atoms with Crippen LogP contribution in [0.4, 0.5) is 13.2 Å². The van der Waals surface area contributed by atoms with Crippen LogP contribution in [0.15, 0.2) is 36.4 Å². The van der Waals surface area contributed by atoms with E-state index in [-0.39, 0.29) is 41.7 Å². The summed E-state index contributed by atoms with van der Waals surface area (Å²) >= 11 is 0. The number of H-pyrrole nitrogens is 1. The fourth-order valence-corrected chi connectivity index (χ4v) is 4.97. The van der Waals surface area contributed by atoms with E-state index >= 15 is 0 Å². The summed E-state index contributed by atoms with van der Waals surface area (Å²) in [6.07, 6.45) is 1.15. The first-order chi connectivity index (χ1) is 15.4. The van der Waals surface area contributed by atoms with Gasteiger partial charge in [0.15, 0.2) is 0 Å². The Kier molecular flexibility index (Phi) is 5.43. The third kappa shape index (κ3) is 3.67. The minimum atomic E-state index is -0.683. The SMILES string of the molecule is O=C(C1CC(c2c(-c3ccc(F)cc3)[nH]c3c(F)cc(F)cc23)C1)N1CCN[C@H](CO)C1. The van der Waals surface area contributed by atoms with Crippen molar-refractivity contribution >= 4 is 16.8 Å². The number of carbonyl (C=O) groups excluding carboxylic acids is 1. The van der Waals surface area contributed by atoms with Gasteiger partial charge in [0.1, 0.15) is 17.5 Å². The van der Waals surface area contributed by atoms with Crippen molar-refractivity contribution in [3.63, 3.8) is 0 Å². The third-order valence-corrected chi connectivity index (χ3v) is 6.68. The van der Waals surface area contributed by atoms with Crippen LogP contribution in [-0.2, 0) is 4.79 Å². The highest BCUT2D eigenvalue weighted by molar-refractivity contribution is 5.92. The Hall–Kier alpha value is -2.84. The molecule has 1 amide bonds. The van der Waals surface area contributed by atoms with Gasteiger partial charge in [-0.05, 0) is 60.2 Å². The van der Waals surface area contributed by atoms with Crippen molar-refractivity contribution in [2.24, 2.45) is 5.92 Å². The monoisotopic (exact) mass is 443 g/mol. The van der Waals surface area contributed by atoms with Crippen LogP contribution in [0.2, 0.25) is 0 Å². The summed E-state index contributed by atoms with van der Waals surface area (Å²) in [6.45, 7) is 1.69. The third-order valence-electron chi connectivity index (χ3n) is 6.68. The number of fused-ring (bicyclic) bond motifs is 1. The molecule has 1 aliphatic heterocycles. The number of piperazine rings is 1. The molecule has 2 aromatic carbocycles. The highest BCUT2D eigenvalue weighted by Crippen LogP contribution is 2.48. The zero-order valence-corrected chi connectivity index (χ0v) is 17.4. The summed E-state index contributed by atoms with van der Waals surface area (Å²) < 4.78 is 42.0. The maximum absolute atomic E-state index is 14.5. The van der Waals surface area contributed by atoms with Crippen LogP contribution in [-0.4, -0.2) is 53.2 Å². The number of rotatable bonds is 4. The zero-order valence-electron chi connectivity index (χ0n) is 17.4. The first kappa shape index (κ1) is 21.0. The van der Waals surface area contributed by atoms with Crippen LogP contribution in [0.5, 0.6) is 0 Å². The largest absolute Gasteiger partial charge is 0.395 e. The number of hydrogen-bond donors (Lipinski definition) is 3. The van der Waals surface area contributed by atoms with Gasteiger partial charge in [-0.15, -0.1) is 0 Å². The smallest absolute Gasteiger partial charge is 0.225 e. The average Bonchev–Trinajstić information content (AvgIpc) is 3.12. The predicted octanol–water partition coefficient (Wildman–Crippen LogP) is 3.54. The van der Waals surface area contributed by atoms with Crippen molar-refractivity contribution in [1.29, 1.82) is 0 Å². The lowest BCUT2D eigenvalue weighted by molar-refractivity contribution is -0.140. The van der Waals surface area contributed by atoms with E-state index in [2.05, 4.69) is 10.3 Å². The Morgan fingerprint density at radius 1 is 1.09 bits per heavy atom. The number of halogens is 3. The standard InChI is InChI=1S/C24H24F3N3O2/c25-16-3-1-13(2-4-16)22-21(19-9-17(26)10-20(27)23(19)29-22)14-7-15(8-14)24(32)30-6-5-28-18(11-30)12-31/h1-4,9-10,14-15,18,28-29,31H,5-8,11-12H2/t14?,15?,18-/m0/s1. The minimum absolute atomic E-state index is 0.0232. The summed E-state index contributed by atoms with van der Waals surface area (Å²) in [5, 5.41) is 13.0. The second kappa shape index (κ2) is 8.26. The topological polar surface area (TPSA) is 68.4 Å². The van der Waals surface area contributed by atoms with Gasteiger partial charge in [0.05, 0.1) is 17.8 Å². The van der Waals surface area contributed by atoms with Gasteiger partial charge in [-0.1, -0.05) is 0 Å². The molecule has 1 saturated heterocycles. The van der Waals surface area contributed by atoms with E-state index in [0.29, 0.717) is 49.1 Å². The van der Waals surface area contributed by atoms with Gasteiger partial charge < -0.3 is 20.3 Å². The Bertz CT molecular complexity index is 1160. The number of hydrogen-bond acceptors (Lipinski definition) is 3. The molecular formula is C24H24F3N3O2. The molecule has 3 N–H and O–H groups in total. The second-order valence-electron chi connectivity index (χ2n) is 8.71. The molecule has 0 spiro atoms. The maximum Gasteiger partial charge on any atom is 0.225 e. The molecule has 32 heavy (non-hydrogen) atoms. The van der Waals surface area contributed by atoms with Crippen LogP contribution in [0.1, 0.15) is 24.3 Å². The van der Waals surface area contributed by atoms with Crippen LogP contribution in [0.25, 0.3) is 22.2 Å². The van der Waals surface area contributed by atoms with E-state index in [1.165, 1.54) is 18.2 Å². The van der Waals surface area contributed by atoms with Gasteiger partial charge in [-0.25, -0.2) is 13.2 Å². The summed E-state index contributed by atoms with van der Waals surface area (Å²) in [5.74, 6) is -1.88. The lowest BCUT2D eigenvalue weighted by Gasteiger charge is -2.41. The quantitative estimate of drug-likeness (QED) is 0.578. The molecule has 0 radical (unpaired) electrons. The Morgan fingerprint density at radius 2 is 1.84 bits per heavy atom. The van der Waals surface area contributed by atoms with Crippen LogP contribution < -0.4 is 5.32 Å². The number of nitrogens with zero attached hydrogens (tertiary/aromatic N) is 1. The number of aromatic nitrogens is 1. The van der Waals surface area contributed by atoms with Crippen molar-refractivity contribution < 1.29 is 23.1 Å².